The number of amides is 1. The molecule has 6 heteroatoms. The van der Waals surface area contributed by atoms with Crippen LogP contribution in [0.2, 0.25) is 0 Å². The molecule has 138 valence electrons. The molecule has 0 aromatic heterocycles. The number of aryl methyl sites for hydroxylation is 1. The van der Waals surface area contributed by atoms with Gasteiger partial charge in [-0.3, -0.25) is 4.79 Å². The fraction of sp³-hybridized carbons (Fsp3) is 0.350. The number of alkyl halides is 3. The lowest BCUT2D eigenvalue weighted by Gasteiger charge is -2.28. The van der Waals surface area contributed by atoms with E-state index in [1.54, 1.807) is 24.3 Å². The monoisotopic (exact) mass is 362 g/mol. The summed E-state index contributed by atoms with van der Waals surface area (Å²) in [7, 11) is 0. The number of rotatable bonds is 4. The Balaban J connectivity index is 1.74. The number of halogens is 3. The summed E-state index contributed by atoms with van der Waals surface area (Å²) in [4.78, 5) is 12.4. The molecular weight excluding hydrogens is 341 g/mol. The minimum Gasteiger partial charge on any atom is -0.399 e. The molecule has 0 spiro atoms. The Kier molecular flexibility index (Phi) is 5.20. The smallest absolute Gasteiger partial charge is 0.396 e. The summed E-state index contributed by atoms with van der Waals surface area (Å²) < 4.78 is 40.3. The minimum absolute atomic E-state index is 0.104. The molecule has 1 amide bonds. The molecule has 2 unspecified atom stereocenters. The van der Waals surface area contributed by atoms with Crippen LogP contribution in [0.3, 0.4) is 0 Å². The third-order valence-corrected chi connectivity index (χ3v) is 4.80. The van der Waals surface area contributed by atoms with E-state index in [4.69, 9.17) is 5.73 Å². The molecule has 0 saturated heterocycles. The van der Waals surface area contributed by atoms with Gasteiger partial charge in [0.05, 0.1) is 12.0 Å². The zero-order valence-corrected chi connectivity index (χ0v) is 14.2. The van der Waals surface area contributed by atoms with Crippen LogP contribution in [-0.2, 0) is 11.2 Å². The van der Waals surface area contributed by atoms with Crippen LogP contribution in [0.15, 0.2) is 48.5 Å². The van der Waals surface area contributed by atoms with Gasteiger partial charge in [0.15, 0.2) is 0 Å². The number of nitrogens with one attached hydrogen (secondary N) is 1. The van der Waals surface area contributed by atoms with Crippen LogP contribution in [0, 0.1) is 0 Å². The molecule has 3 nitrogen and oxygen atoms in total. The number of benzene rings is 2. The lowest BCUT2D eigenvalue weighted by atomic mass is 9.87. The molecule has 3 rings (SSSR count). The maximum absolute atomic E-state index is 13.4. The Morgan fingerprint density at radius 1 is 1.19 bits per heavy atom. The molecule has 0 radical (unpaired) electrons. The number of fused-ring (bicyclic) bond motifs is 1. The van der Waals surface area contributed by atoms with E-state index in [1.165, 1.54) is 12.1 Å². The van der Waals surface area contributed by atoms with Crippen molar-refractivity contribution < 1.29 is 18.0 Å². The molecule has 26 heavy (non-hydrogen) atoms. The quantitative estimate of drug-likeness (QED) is 0.787. The summed E-state index contributed by atoms with van der Waals surface area (Å²) in [5.74, 6) is -2.40. The van der Waals surface area contributed by atoms with Crippen molar-refractivity contribution in [2.24, 2.45) is 0 Å². The predicted octanol–water partition coefficient (Wildman–Crippen LogP) is 4.50. The van der Waals surface area contributed by atoms with E-state index in [-0.39, 0.29) is 11.6 Å². The third-order valence-electron chi connectivity index (χ3n) is 4.80. The lowest BCUT2D eigenvalue weighted by Crippen LogP contribution is -2.34. The highest BCUT2D eigenvalue weighted by Crippen LogP contribution is 2.38. The van der Waals surface area contributed by atoms with E-state index in [0.29, 0.717) is 12.1 Å². The van der Waals surface area contributed by atoms with Crippen LogP contribution in [-0.4, -0.2) is 12.1 Å². The van der Waals surface area contributed by atoms with Crippen molar-refractivity contribution in [3.63, 3.8) is 0 Å². The van der Waals surface area contributed by atoms with Crippen LogP contribution < -0.4 is 11.1 Å². The highest BCUT2D eigenvalue weighted by Gasteiger charge is 2.42. The SMILES string of the molecule is Nc1ccc2c(c1)CCCC2NC(=O)CC(c1ccccc1)C(F)(F)F. The van der Waals surface area contributed by atoms with Gasteiger partial charge in [0.25, 0.3) is 0 Å². The topological polar surface area (TPSA) is 55.1 Å². The van der Waals surface area contributed by atoms with Crippen LogP contribution in [0.5, 0.6) is 0 Å². The van der Waals surface area contributed by atoms with E-state index in [2.05, 4.69) is 5.32 Å². The zero-order chi connectivity index (χ0) is 18.7. The van der Waals surface area contributed by atoms with Gasteiger partial charge in [0.2, 0.25) is 5.91 Å². The van der Waals surface area contributed by atoms with Crippen molar-refractivity contribution >= 4 is 11.6 Å². The Labute approximate surface area is 150 Å². The van der Waals surface area contributed by atoms with Crippen molar-refractivity contribution in [3.05, 3.63) is 65.2 Å². The van der Waals surface area contributed by atoms with E-state index in [1.807, 2.05) is 12.1 Å². The molecule has 0 heterocycles. The van der Waals surface area contributed by atoms with Gasteiger partial charge in [-0.1, -0.05) is 36.4 Å². The summed E-state index contributed by atoms with van der Waals surface area (Å²) in [6.45, 7) is 0. The van der Waals surface area contributed by atoms with Gasteiger partial charge in [-0.15, -0.1) is 0 Å². The number of hydrogen-bond acceptors (Lipinski definition) is 2. The van der Waals surface area contributed by atoms with Crippen LogP contribution in [0.4, 0.5) is 18.9 Å². The number of anilines is 1. The first kappa shape index (κ1) is 18.3. The molecule has 3 N–H and O–H groups in total. The molecule has 2 atom stereocenters. The second-order valence-corrected chi connectivity index (χ2v) is 6.68. The van der Waals surface area contributed by atoms with Crippen molar-refractivity contribution in [1.82, 2.24) is 5.32 Å². The standard InChI is InChI=1S/C20H21F3N2O/c21-20(22,23)17(13-5-2-1-3-6-13)12-19(26)25-18-8-4-7-14-11-15(24)9-10-16(14)18/h1-3,5-6,9-11,17-18H,4,7-8,12,24H2,(H,25,26). The van der Waals surface area contributed by atoms with Crippen LogP contribution >= 0.6 is 0 Å². The second kappa shape index (κ2) is 7.40. The highest BCUT2D eigenvalue weighted by molar-refractivity contribution is 5.77. The van der Waals surface area contributed by atoms with E-state index in [9.17, 15) is 18.0 Å². The molecule has 0 saturated carbocycles. The first-order chi connectivity index (χ1) is 12.3. The fourth-order valence-electron chi connectivity index (χ4n) is 3.53. The summed E-state index contributed by atoms with van der Waals surface area (Å²) in [5.41, 5.74) is 8.55. The van der Waals surface area contributed by atoms with E-state index >= 15 is 0 Å². The number of hydrogen-bond donors (Lipinski definition) is 2. The first-order valence-electron chi connectivity index (χ1n) is 8.64. The Bertz CT molecular complexity index is 774. The molecule has 2 aromatic carbocycles. The average Bonchev–Trinajstić information content (AvgIpc) is 2.59. The van der Waals surface area contributed by atoms with Gasteiger partial charge in [0, 0.05) is 12.1 Å². The molecule has 1 aliphatic rings. The van der Waals surface area contributed by atoms with Crippen molar-refractivity contribution in [3.8, 4) is 0 Å². The van der Waals surface area contributed by atoms with Crippen molar-refractivity contribution in [2.45, 2.75) is 43.8 Å². The number of nitrogen functional groups attached to an aromatic ring is 1. The van der Waals surface area contributed by atoms with Gasteiger partial charge in [-0.2, -0.15) is 13.2 Å². The van der Waals surface area contributed by atoms with Gasteiger partial charge in [-0.25, -0.2) is 0 Å². The Hall–Kier alpha value is -2.50. The molecule has 1 aliphatic carbocycles. The number of carbonyl (C=O) groups is 1. The summed E-state index contributed by atoms with van der Waals surface area (Å²) in [6.07, 6.45) is -2.65. The largest absolute Gasteiger partial charge is 0.399 e. The number of carbonyl (C=O) groups excluding carboxylic acids is 1. The molecule has 0 aliphatic heterocycles. The third kappa shape index (κ3) is 4.18. The van der Waals surface area contributed by atoms with Crippen LogP contribution in [0.1, 0.15) is 47.9 Å². The summed E-state index contributed by atoms with van der Waals surface area (Å²) >= 11 is 0. The summed E-state index contributed by atoms with van der Waals surface area (Å²) in [5, 5.41) is 2.79. The fourth-order valence-corrected chi connectivity index (χ4v) is 3.53. The average molecular weight is 362 g/mol. The van der Waals surface area contributed by atoms with Gasteiger partial charge >= 0.3 is 6.18 Å². The molecule has 2 aromatic rings. The summed E-state index contributed by atoms with van der Waals surface area (Å²) in [6, 6.07) is 12.8. The maximum atomic E-state index is 13.4. The maximum Gasteiger partial charge on any atom is 0.396 e. The second-order valence-electron chi connectivity index (χ2n) is 6.68. The normalized spacial score (nSPS) is 18.0. The predicted molar refractivity (Wildman–Crippen MR) is 94.5 cm³/mol. The van der Waals surface area contributed by atoms with Crippen molar-refractivity contribution in [2.75, 3.05) is 5.73 Å². The zero-order valence-electron chi connectivity index (χ0n) is 14.2. The Morgan fingerprint density at radius 2 is 1.92 bits per heavy atom. The van der Waals surface area contributed by atoms with Gasteiger partial charge in [-0.05, 0) is 48.1 Å². The first-order valence-corrected chi connectivity index (χ1v) is 8.64. The minimum atomic E-state index is -4.47. The van der Waals surface area contributed by atoms with Gasteiger partial charge < -0.3 is 11.1 Å². The lowest BCUT2D eigenvalue weighted by molar-refractivity contribution is -0.157. The number of nitrogens with two attached hydrogens (primary N) is 1. The molecular formula is C20H21F3N2O. The van der Waals surface area contributed by atoms with Crippen LogP contribution in [0.25, 0.3) is 0 Å². The van der Waals surface area contributed by atoms with E-state index < -0.39 is 24.4 Å². The van der Waals surface area contributed by atoms with Crippen molar-refractivity contribution in [1.29, 1.82) is 0 Å². The molecule has 0 bridgehead atoms. The Morgan fingerprint density at radius 3 is 2.62 bits per heavy atom. The van der Waals surface area contributed by atoms with E-state index in [0.717, 1.165) is 24.0 Å². The van der Waals surface area contributed by atoms with Gasteiger partial charge in [0.1, 0.15) is 0 Å². The highest BCUT2D eigenvalue weighted by atomic mass is 19.4. The molecule has 0 fully saturated rings.